The first-order valence-electron chi connectivity index (χ1n) is 2.65. The predicted molar refractivity (Wildman–Crippen MR) is 40.4 cm³/mol. The third kappa shape index (κ3) is 1.33. The molecule has 0 spiro atoms. The van der Waals surface area contributed by atoms with Crippen molar-refractivity contribution in [1.29, 1.82) is 0 Å². The topological polar surface area (TPSA) is 17.2 Å². The standard InChI is InChI=1S/C6Cl2F2N2/c1-11-4-2(7)5(9)12-6(10)3(4)8. The number of aromatic nitrogens is 1. The van der Waals surface area contributed by atoms with Gasteiger partial charge >= 0.3 is 0 Å². The van der Waals surface area contributed by atoms with Gasteiger partial charge < -0.3 is 0 Å². The number of hydrogen-bond donors (Lipinski definition) is 0. The van der Waals surface area contributed by atoms with Crippen LogP contribution in [0.3, 0.4) is 0 Å². The highest BCUT2D eigenvalue weighted by Gasteiger charge is 2.17. The molecule has 1 aromatic rings. The lowest BCUT2D eigenvalue weighted by Gasteiger charge is -1.99. The third-order valence-electron chi connectivity index (χ3n) is 1.09. The smallest absolute Gasteiger partial charge is 0.232 e. The Morgan fingerprint density at radius 3 is 1.92 bits per heavy atom. The lowest BCUT2D eigenvalue weighted by atomic mass is 10.4. The number of nitrogens with zero attached hydrogens (tertiary/aromatic N) is 2. The third-order valence-corrected chi connectivity index (χ3v) is 1.76. The van der Waals surface area contributed by atoms with Crippen molar-refractivity contribution in [3.63, 3.8) is 0 Å². The minimum atomic E-state index is -1.23. The van der Waals surface area contributed by atoms with Crippen molar-refractivity contribution in [2.45, 2.75) is 0 Å². The normalized spacial score (nSPS) is 9.58. The molecular weight excluding hydrogens is 209 g/mol. The molecule has 0 N–H and O–H groups in total. The van der Waals surface area contributed by atoms with E-state index in [1.165, 1.54) is 0 Å². The number of halogens is 4. The molecule has 12 heavy (non-hydrogen) atoms. The predicted octanol–water partition coefficient (Wildman–Crippen LogP) is 3.22. The number of pyridine rings is 1. The van der Waals surface area contributed by atoms with Gasteiger partial charge in [0, 0.05) is 0 Å². The van der Waals surface area contributed by atoms with E-state index < -0.39 is 27.6 Å². The molecule has 0 aliphatic rings. The lowest BCUT2D eigenvalue weighted by molar-refractivity contribution is 0.515. The van der Waals surface area contributed by atoms with Crippen molar-refractivity contribution in [3.8, 4) is 0 Å². The van der Waals surface area contributed by atoms with Gasteiger partial charge in [0.15, 0.2) is 0 Å². The van der Waals surface area contributed by atoms with Crippen LogP contribution in [0.15, 0.2) is 0 Å². The first kappa shape index (κ1) is 9.17. The average molecular weight is 209 g/mol. The second-order valence-corrected chi connectivity index (χ2v) is 2.54. The van der Waals surface area contributed by atoms with E-state index in [4.69, 9.17) is 29.8 Å². The quantitative estimate of drug-likeness (QED) is 0.473. The average Bonchev–Trinajstić information content (AvgIpc) is 2.02. The molecule has 0 saturated carbocycles. The molecule has 0 atom stereocenters. The van der Waals surface area contributed by atoms with E-state index in [1.807, 2.05) is 0 Å². The molecule has 0 saturated heterocycles. The second-order valence-electron chi connectivity index (χ2n) is 1.78. The van der Waals surface area contributed by atoms with Crippen LogP contribution >= 0.6 is 23.2 Å². The molecule has 1 aromatic heterocycles. The summed E-state index contributed by atoms with van der Waals surface area (Å²) in [4.78, 5) is 5.50. The molecule has 1 rings (SSSR count). The summed E-state index contributed by atoms with van der Waals surface area (Å²) < 4.78 is 25.0. The van der Waals surface area contributed by atoms with Gasteiger partial charge in [0.25, 0.3) is 0 Å². The van der Waals surface area contributed by atoms with Crippen molar-refractivity contribution < 1.29 is 8.78 Å². The maximum Gasteiger partial charge on any atom is 0.232 e. The SMILES string of the molecule is [C-]#[N+]c1c(Cl)c(F)nc(F)c1Cl. The highest BCUT2D eigenvalue weighted by Crippen LogP contribution is 2.35. The first-order chi connectivity index (χ1) is 5.57. The van der Waals surface area contributed by atoms with Gasteiger partial charge in [-0.2, -0.15) is 13.8 Å². The number of hydrogen-bond acceptors (Lipinski definition) is 1. The van der Waals surface area contributed by atoms with E-state index in [2.05, 4.69) is 9.83 Å². The van der Waals surface area contributed by atoms with Gasteiger partial charge in [-0.3, -0.25) is 0 Å². The van der Waals surface area contributed by atoms with Gasteiger partial charge in [0.2, 0.25) is 17.6 Å². The fourth-order valence-electron chi connectivity index (χ4n) is 0.574. The van der Waals surface area contributed by atoms with Crippen LogP contribution in [0.4, 0.5) is 14.5 Å². The molecule has 0 fully saturated rings. The summed E-state index contributed by atoms with van der Waals surface area (Å²) in [7, 11) is 0. The Hall–Kier alpha value is -0.920. The Labute approximate surface area is 76.6 Å². The maximum absolute atomic E-state index is 12.5. The zero-order chi connectivity index (χ0) is 9.30. The summed E-state index contributed by atoms with van der Waals surface area (Å²) in [6, 6.07) is 0. The van der Waals surface area contributed by atoms with Gasteiger partial charge in [-0.05, 0) is 0 Å². The van der Waals surface area contributed by atoms with Crippen LogP contribution in [0.25, 0.3) is 4.85 Å². The van der Waals surface area contributed by atoms with E-state index in [9.17, 15) is 8.78 Å². The van der Waals surface area contributed by atoms with Crippen LogP contribution in [0, 0.1) is 18.5 Å². The molecular formula is C6Cl2F2N2. The van der Waals surface area contributed by atoms with E-state index >= 15 is 0 Å². The zero-order valence-corrected chi connectivity index (χ0v) is 6.92. The van der Waals surface area contributed by atoms with Crippen molar-refractivity contribution in [2.24, 2.45) is 0 Å². The minimum Gasteiger partial charge on any atom is -0.235 e. The fourth-order valence-corrected chi connectivity index (χ4v) is 0.981. The second kappa shape index (κ2) is 3.21. The summed E-state index contributed by atoms with van der Waals surface area (Å²) in [6.07, 6.45) is 0. The van der Waals surface area contributed by atoms with E-state index in [1.54, 1.807) is 0 Å². The molecule has 0 amide bonds. The Balaban J connectivity index is 3.56. The van der Waals surface area contributed by atoms with E-state index in [-0.39, 0.29) is 0 Å². The van der Waals surface area contributed by atoms with Crippen molar-refractivity contribution in [2.75, 3.05) is 0 Å². The summed E-state index contributed by atoms with van der Waals surface area (Å²) in [5.41, 5.74) is -0.455. The van der Waals surface area contributed by atoms with Gasteiger partial charge in [-0.15, -0.1) is 0 Å². The maximum atomic E-state index is 12.5. The monoisotopic (exact) mass is 208 g/mol. The van der Waals surface area contributed by atoms with E-state index in [0.29, 0.717) is 0 Å². The Morgan fingerprint density at radius 2 is 1.58 bits per heavy atom. The van der Waals surface area contributed by atoms with Gasteiger partial charge in [-0.1, -0.05) is 23.2 Å². The molecule has 0 radical (unpaired) electrons. The van der Waals surface area contributed by atoms with Gasteiger partial charge in [-0.25, -0.2) is 4.85 Å². The number of rotatable bonds is 0. The molecule has 0 aromatic carbocycles. The summed E-state index contributed by atoms with van der Waals surface area (Å²) in [6.45, 7) is 6.51. The van der Waals surface area contributed by atoms with Crippen LogP contribution in [-0.4, -0.2) is 4.98 Å². The van der Waals surface area contributed by atoms with Crippen LogP contribution in [0.2, 0.25) is 10.0 Å². The zero-order valence-electron chi connectivity index (χ0n) is 5.41. The molecule has 2 nitrogen and oxygen atoms in total. The summed E-state index contributed by atoms with van der Waals surface area (Å²) in [5.74, 6) is -2.46. The van der Waals surface area contributed by atoms with Crippen molar-refractivity contribution in [3.05, 3.63) is 33.4 Å². The largest absolute Gasteiger partial charge is 0.235 e. The van der Waals surface area contributed by atoms with Crippen LogP contribution in [0.5, 0.6) is 0 Å². The molecule has 0 aliphatic heterocycles. The van der Waals surface area contributed by atoms with Gasteiger partial charge in [0.05, 0.1) is 6.57 Å². The summed E-state index contributed by atoms with van der Waals surface area (Å²) in [5, 5.41) is -1.12. The van der Waals surface area contributed by atoms with Crippen LogP contribution in [-0.2, 0) is 0 Å². The molecule has 0 bridgehead atoms. The molecule has 0 unspecified atom stereocenters. The Kier molecular flexibility index (Phi) is 2.46. The molecule has 0 aliphatic carbocycles. The lowest BCUT2D eigenvalue weighted by Crippen LogP contribution is -1.90. The molecule has 62 valence electrons. The van der Waals surface area contributed by atoms with E-state index in [0.717, 1.165) is 0 Å². The first-order valence-corrected chi connectivity index (χ1v) is 3.41. The van der Waals surface area contributed by atoms with Crippen molar-refractivity contribution in [1.82, 2.24) is 4.98 Å². The highest BCUT2D eigenvalue weighted by molar-refractivity contribution is 6.39. The summed E-state index contributed by atoms with van der Waals surface area (Å²) >= 11 is 10.5. The van der Waals surface area contributed by atoms with Crippen LogP contribution in [0.1, 0.15) is 0 Å². The van der Waals surface area contributed by atoms with Gasteiger partial charge in [0.1, 0.15) is 10.0 Å². The Bertz CT molecular complexity index is 347. The Morgan fingerprint density at radius 1 is 1.17 bits per heavy atom. The molecule has 6 heteroatoms. The molecule has 1 heterocycles. The fraction of sp³-hybridized carbons (Fsp3) is 0. The van der Waals surface area contributed by atoms with Crippen LogP contribution < -0.4 is 0 Å². The highest BCUT2D eigenvalue weighted by atomic mass is 35.5. The minimum absolute atomic E-state index is 0.455. The van der Waals surface area contributed by atoms with Crippen molar-refractivity contribution >= 4 is 28.9 Å².